The predicted octanol–water partition coefficient (Wildman–Crippen LogP) is 0.588. The Balaban J connectivity index is 2.67. The Hall–Kier alpha value is -1.55. The van der Waals surface area contributed by atoms with Gasteiger partial charge in [-0.3, -0.25) is 4.79 Å². The number of nitrogens with zero attached hydrogens (tertiary/aromatic N) is 1. The average Bonchev–Trinajstić information content (AvgIpc) is 2.35. The summed E-state index contributed by atoms with van der Waals surface area (Å²) in [5, 5.41) is 2.63. The molecule has 0 saturated heterocycles. The molecule has 4 nitrogen and oxygen atoms in total. The van der Waals surface area contributed by atoms with E-state index in [2.05, 4.69) is 5.32 Å². The Morgan fingerprint density at radius 1 is 1.38 bits per heavy atom. The first-order chi connectivity index (χ1) is 7.77. The first-order valence-electron chi connectivity index (χ1n) is 5.48. The number of carbonyl (C=O) groups is 1. The zero-order valence-corrected chi connectivity index (χ0v) is 9.65. The van der Waals surface area contributed by atoms with Gasteiger partial charge in [-0.15, -0.1) is 0 Å². The molecule has 0 aromatic heterocycles. The summed E-state index contributed by atoms with van der Waals surface area (Å²) in [6.45, 7) is 1.81. The van der Waals surface area contributed by atoms with E-state index in [-0.39, 0.29) is 5.91 Å². The second-order valence-electron chi connectivity index (χ2n) is 3.57. The molecule has 1 aromatic rings. The first kappa shape index (κ1) is 12.5. The van der Waals surface area contributed by atoms with Crippen LogP contribution in [0.15, 0.2) is 30.3 Å². The van der Waals surface area contributed by atoms with Gasteiger partial charge in [-0.25, -0.2) is 0 Å². The lowest BCUT2D eigenvalue weighted by atomic mass is 10.2. The molecule has 0 bridgehead atoms. The van der Waals surface area contributed by atoms with Gasteiger partial charge < -0.3 is 16.0 Å². The fraction of sp³-hybridized carbons (Fsp3) is 0.417. The normalized spacial score (nSPS) is 9.88. The smallest absolute Gasteiger partial charge is 0.239 e. The van der Waals surface area contributed by atoms with Gasteiger partial charge in [-0.1, -0.05) is 18.2 Å². The van der Waals surface area contributed by atoms with E-state index in [0.29, 0.717) is 13.1 Å². The molecule has 0 aliphatic heterocycles. The highest BCUT2D eigenvalue weighted by Gasteiger charge is 2.09. The molecule has 0 aliphatic rings. The van der Waals surface area contributed by atoms with Crippen LogP contribution < -0.4 is 16.0 Å². The average molecular weight is 221 g/mol. The van der Waals surface area contributed by atoms with Crippen molar-refractivity contribution >= 4 is 11.6 Å². The predicted molar refractivity (Wildman–Crippen MR) is 66.4 cm³/mol. The molecule has 4 heteroatoms. The Labute approximate surface area is 96.4 Å². The van der Waals surface area contributed by atoms with E-state index in [0.717, 1.165) is 18.7 Å². The van der Waals surface area contributed by atoms with E-state index >= 15 is 0 Å². The van der Waals surface area contributed by atoms with Crippen molar-refractivity contribution in [3.05, 3.63) is 30.3 Å². The van der Waals surface area contributed by atoms with Gasteiger partial charge in [0.2, 0.25) is 5.91 Å². The summed E-state index contributed by atoms with van der Waals surface area (Å²) in [7, 11) is 1.65. The molecule has 88 valence electrons. The van der Waals surface area contributed by atoms with Gasteiger partial charge in [-0.05, 0) is 25.1 Å². The Kier molecular flexibility index (Phi) is 5.36. The van der Waals surface area contributed by atoms with Crippen molar-refractivity contribution in [2.24, 2.45) is 5.73 Å². The summed E-state index contributed by atoms with van der Waals surface area (Å²) in [5.74, 6) is 0.0147. The minimum atomic E-state index is 0.0147. The molecule has 1 rings (SSSR count). The van der Waals surface area contributed by atoms with E-state index in [1.54, 1.807) is 7.05 Å². The third-order valence-corrected chi connectivity index (χ3v) is 2.37. The van der Waals surface area contributed by atoms with E-state index < -0.39 is 0 Å². The van der Waals surface area contributed by atoms with Crippen LogP contribution in [0.3, 0.4) is 0 Å². The molecule has 16 heavy (non-hydrogen) atoms. The third kappa shape index (κ3) is 3.90. The van der Waals surface area contributed by atoms with Gasteiger partial charge in [0, 0.05) is 19.3 Å². The molecule has 0 radical (unpaired) electrons. The van der Waals surface area contributed by atoms with E-state index in [1.165, 1.54) is 0 Å². The summed E-state index contributed by atoms with van der Waals surface area (Å²) in [4.78, 5) is 13.4. The Bertz CT molecular complexity index is 313. The zero-order chi connectivity index (χ0) is 11.8. The number of carbonyl (C=O) groups excluding carboxylic acids is 1. The van der Waals surface area contributed by atoms with Crippen molar-refractivity contribution in [2.75, 3.05) is 31.6 Å². The lowest BCUT2D eigenvalue weighted by molar-refractivity contribution is -0.119. The zero-order valence-electron chi connectivity index (χ0n) is 9.65. The third-order valence-electron chi connectivity index (χ3n) is 2.37. The molecule has 0 unspecified atom stereocenters. The standard InChI is InChI=1S/C12H19N3O/c1-14-12(16)10-15(9-5-8-13)11-6-3-2-4-7-11/h2-4,6-7H,5,8-10,13H2,1H3,(H,14,16). The molecule has 3 N–H and O–H groups in total. The van der Waals surface area contributed by atoms with Gasteiger partial charge in [0.1, 0.15) is 0 Å². The molecule has 0 saturated carbocycles. The van der Waals surface area contributed by atoms with E-state index in [9.17, 15) is 4.79 Å². The van der Waals surface area contributed by atoms with Crippen molar-refractivity contribution in [3.8, 4) is 0 Å². The number of anilines is 1. The van der Waals surface area contributed by atoms with Crippen LogP contribution in [-0.2, 0) is 4.79 Å². The summed E-state index contributed by atoms with van der Waals surface area (Å²) in [6, 6.07) is 9.90. The number of hydrogen-bond acceptors (Lipinski definition) is 3. The lowest BCUT2D eigenvalue weighted by Crippen LogP contribution is -2.36. The fourth-order valence-electron chi connectivity index (χ4n) is 1.47. The SMILES string of the molecule is CNC(=O)CN(CCCN)c1ccccc1. The highest BCUT2D eigenvalue weighted by atomic mass is 16.1. The summed E-state index contributed by atoms with van der Waals surface area (Å²) >= 11 is 0. The number of nitrogens with two attached hydrogens (primary N) is 1. The number of hydrogen-bond donors (Lipinski definition) is 2. The number of para-hydroxylation sites is 1. The number of benzene rings is 1. The topological polar surface area (TPSA) is 58.4 Å². The van der Waals surface area contributed by atoms with Crippen LogP contribution in [0.25, 0.3) is 0 Å². The Morgan fingerprint density at radius 2 is 2.06 bits per heavy atom. The number of likely N-dealkylation sites (N-methyl/N-ethyl adjacent to an activating group) is 1. The van der Waals surface area contributed by atoms with Crippen molar-refractivity contribution < 1.29 is 4.79 Å². The van der Waals surface area contributed by atoms with Gasteiger partial charge in [0.05, 0.1) is 6.54 Å². The number of nitrogens with one attached hydrogen (secondary N) is 1. The monoisotopic (exact) mass is 221 g/mol. The molecule has 0 aliphatic carbocycles. The van der Waals surface area contributed by atoms with Gasteiger partial charge in [0.25, 0.3) is 0 Å². The molecule has 0 atom stereocenters. The van der Waals surface area contributed by atoms with Crippen LogP contribution in [0, 0.1) is 0 Å². The van der Waals surface area contributed by atoms with Crippen LogP contribution in [-0.4, -0.2) is 32.6 Å². The van der Waals surface area contributed by atoms with Crippen LogP contribution in [0.4, 0.5) is 5.69 Å². The molecule has 1 amide bonds. The van der Waals surface area contributed by atoms with Crippen LogP contribution >= 0.6 is 0 Å². The van der Waals surface area contributed by atoms with Crippen molar-refractivity contribution in [2.45, 2.75) is 6.42 Å². The summed E-state index contributed by atoms with van der Waals surface area (Å²) in [6.07, 6.45) is 0.881. The minimum Gasteiger partial charge on any atom is -0.362 e. The molecule has 1 aromatic carbocycles. The van der Waals surface area contributed by atoms with Crippen molar-refractivity contribution in [3.63, 3.8) is 0 Å². The second-order valence-corrected chi connectivity index (χ2v) is 3.57. The number of rotatable bonds is 6. The van der Waals surface area contributed by atoms with E-state index in [1.807, 2.05) is 35.2 Å². The lowest BCUT2D eigenvalue weighted by Gasteiger charge is -2.23. The largest absolute Gasteiger partial charge is 0.362 e. The van der Waals surface area contributed by atoms with Crippen molar-refractivity contribution in [1.29, 1.82) is 0 Å². The maximum absolute atomic E-state index is 11.4. The molecular weight excluding hydrogens is 202 g/mol. The Morgan fingerprint density at radius 3 is 2.62 bits per heavy atom. The van der Waals surface area contributed by atoms with Crippen molar-refractivity contribution in [1.82, 2.24) is 5.32 Å². The summed E-state index contributed by atoms with van der Waals surface area (Å²) < 4.78 is 0. The van der Waals surface area contributed by atoms with Gasteiger partial charge in [0.15, 0.2) is 0 Å². The fourth-order valence-corrected chi connectivity index (χ4v) is 1.47. The first-order valence-corrected chi connectivity index (χ1v) is 5.48. The maximum atomic E-state index is 11.4. The van der Waals surface area contributed by atoms with Crippen LogP contribution in [0.5, 0.6) is 0 Å². The maximum Gasteiger partial charge on any atom is 0.239 e. The quantitative estimate of drug-likeness (QED) is 0.739. The molecule has 0 heterocycles. The highest BCUT2D eigenvalue weighted by molar-refractivity contribution is 5.81. The molecule has 0 fully saturated rings. The van der Waals surface area contributed by atoms with Crippen LogP contribution in [0.1, 0.15) is 6.42 Å². The highest BCUT2D eigenvalue weighted by Crippen LogP contribution is 2.12. The second kappa shape index (κ2) is 6.85. The molecule has 0 spiro atoms. The van der Waals surface area contributed by atoms with Gasteiger partial charge >= 0.3 is 0 Å². The minimum absolute atomic E-state index is 0.0147. The molecular formula is C12H19N3O. The van der Waals surface area contributed by atoms with Crippen LogP contribution in [0.2, 0.25) is 0 Å². The van der Waals surface area contributed by atoms with E-state index in [4.69, 9.17) is 5.73 Å². The number of amides is 1. The summed E-state index contributed by atoms with van der Waals surface area (Å²) in [5.41, 5.74) is 6.55. The van der Waals surface area contributed by atoms with Gasteiger partial charge in [-0.2, -0.15) is 0 Å².